The van der Waals surface area contributed by atoms with Crippen LogP contribution in [0.15, 0.2) is 18.3 Å². The molecule has 3 rings (SSSR count). The second-order valence-corrected chi connectivity index (χ2v) is 6.57. The topological polar surface area (TPSA) is 49.9 Å². The van der Waals surface area contributed by atoms with Crippen molar-refractivity contribution in [2.24, 2.45) is 0 Å². The molecule has 3 heterocycles. The number of fused-ring (bicyclic) bond motifs is 1. The first-order chi connectivity index (χ1) is 9.54. The fraction of sp³-hybridized carbons (Fsp3) is 0.562. The molecule has 4 nitrogen and oxygen atoms in total. The number of H-pyrrole nitrogens is 1. The highest BCUT2D eigenvalue weighted by Gasteiger charge is 2.24. The standard InChI is InChI=1S/C16H23N3O/c1-16(2,3)13-10-11-4-9-18-14(11)19-15(13)20-12-5-7-17-8-6-12/h4,9-10,12,17H,5-8H2,1-3H3,(H,18,19). The average Bonchev–Trinajstić information content (AvgIpc) is 2.85. The van der Waals surface area contributed by atoms with Crippen molar-refractivity contribution in [3.05, 3.63) is 23.9 Å². The predicted molar refractivity (Wildman–Crippen MR) is 81.3 cm³/mol. The van der Waals surface area contributed by atoms with Crippen LogP contribution in [0, 0.1) is 0 Å². The molecule has 2 aromatic heterocycles. The summed E-state index contributed by atoms with van der Waals surface area (Å²) in [6, 6.07) is 4.27. The minimum absolute atomic E-state index is 0.0285. The van der Waals surface area contributed by atoms with Crippen molar-refractivity contribution in [1.82, 2.24) is 15.3 Å². The SMILES string of the molecule is CC(C)(C)c1cc2cc[nH]c2nc1OC1CCNCC1. The number of nitrogens with zero attached hydrogens (tertiary/aromatic N) is 1. The molecule has 0 radical (unpaired) electrons. The molecule has 0 aromatic carbocycles. The van der Waals surface area contributed by atoms with Gasteiger partial charge in [-0.3, -0.25) is 0 Å². The summed E-state index contributed by atoms with van der Waals surface area (Å²) in [6.45, 7) is 8.67. The lowest BCUT2D eigenvalue weighted by Crippen LogP contribution is -2.34. The number of ether oxygens (including phenoxy) is 1. The molecule has 1 aliphatic rings. The van der Waals surface area contributed by atoms with E-state index in [0.717, 1.165) is 42.8 Å². The van der Waals surface area contributed by atoms with Crippen LogP contribution in [0.5, 0.6) is 5.88 Å². The summed E-state index contributed by atoms with van der Waals surface area (Å²) in [7, 11) is 0. The molecule has 108 valence electrons. The van der Waals surface area contributed by atoms with Crippen LogP contribution in [-0.4, -0.2) is 29.2 Å². The van der Waals surface area contributed by atoms with Crippen LogP contribution in [0.25, 0.3) is 11.0 Å². The van der Waals surface area contributed by atoms with Crippen molar-refractivity contribution >= 4 is 11.0 Å². The first-order valence-corrected chi connectivity index (χ1v) is 7.40. The van der Waals surface area contributed by atoms with Gasteiger partial charge in [0.2, 0.25) is 5.88 Å². The molecule has 1 aliphatic heterocycles. The number of hydrogen-bond acceptors (Lipinski definition) is 3. The molecule has 1 fully saturated rings. The first-order valence-electron chi connectivity index (χ1n) is 7.40. The third kappa shape index (κ3) is 2.66. The van der Waals surface area contributed by atoms with Crippen LogP contribution < -0.4 is 10.1 Å². The van der Waals surface area contributed by atoms with Crippen LogP contribution >= 0.6 is 0 Å². The van der Waals surface area contributed by atoms with Crippen LogP contribution in [0.4, 0.5) is 0 Å². The molecule has 2 N–H and O–H groups in total. The summed E-state index contributed by atoms with van der Waals surface area (Å²) in [4.78, 5) is 7.87. The monoisotopic (exact) mass is 273 g/mol. The number of rotatable bonds is 2. The van der Waals surface area contributed by atoms with Gasteiger partial charge < -0.3 is 15.0 Å². The zero-order chi connectivity index (χ0) is 14.2. The Morgan fingerprint density at radius 2 is 2.00 bits per heavy atom. The summed E-state index contributed by atoms with van der Waals surface area (Å²) < 4.78 is 6.22. The Kier molecular flexibility index (Phi) is 3.42. The Morgan fingerprint density at radius 1 is 1.25 bits per heavy atom. The van der Waals surface area contributed by atoms with Crippen molar-refractivity contribution in [3.63, 3.8) is 0 Å². The van der Waals surface area contributed by atoms with Gasteiger partial charge in [0.05, 0.1) is 0 Å². The van der Waals surface area contributed by atoms with Crippen molar-refractivity contribution in [2.45, 2.75) is 45.1 Å². The van der Waals surface area contributed by atoms with E-state index in [4.69, 9.17) is 9.72 Å². The quantitative estimate of drug-likeness (QED) is 0.884. The molecule has 2 aromatic rings. The zero-order valence-corrected chi connectivity index (χ0v) is 12.5. The third-order valence-electron chi connectivity index (χ3n) is 3.87. The molecule has 4 heteroatoms. The van der Waals surface area contributed by atoms with Gasteiger partial charge in [-0.2, -0.15) is 4.98 Å². The van der Waals surface area contributed by atoms with E-state index >= 15 is 0 Å². The van der Waals surface area contributed by atoms with Crippen LogP contribution in [0.2, 0.25) is 0 Å². The second-order valence-electron chi connectivity index (χ2n) is 6.57. The minimum Gasteiger partial charge on any atom is -0.474 e. The Balaban J connectivity index is 1.97. The Bertz CT molecular complexity index is 591. The maximum atomic E-state index is 6.22. The van der Waals surface area contributed by atoms with Crippen LogP contribution in [0.1, 0.15) is 39.2 Å². The highest BCUT2D eigenvalue weighted by Crippen LogP contribution is 2.33. The summed E-state index contributed by atoms with van der Waals surface area (Å²) in [5.74, 6) is 0.791. The lowest BCUT2D eigenvalue weighted by Gasteiger charge is -2.27. The van der Waals surface area contributed by atoms with Gasteiger partial charge >= 0.3 is 0 Å². The van der Waals surface area contributed by atoms with E-state index in [9.17, 15) is 0 Å². The molecular formula is C16H23N3O. The van der Waals surface area contributed by atoms with Crippen molar-refractivity contribution in [3.8, 4) is 5.88 Å². The van der Waals surface area contributed by atoms with E-state index in [0.29, 0.717) is 0 Å². The van der Waals surface area contributed by atoms with Crippen LogP contribution in [0.3, 0.4) is 0 Å². The highest BCUT2D eigenvalue weighted by atomic mass is 16.5. The number of aromatic amines is 1. The number of aromatic nitrogens is 2. The molecule has 0 spiro atoms. The predicted octanol–water partition coefficient (Wildman–Crippen LogP) is 2.99. The molecule has 0 bridgehead atoms. The molecule has 0 atom stereocenters. The smallest absolute Gasteiger partial charge is 0.219 e. The number of piperidine rings is 1. The van der Waals surface area contributed by atoms with Gasteiger partial charge in [-0.15, -0.1) is 0 Å². The number of hydrogen-bond donors (Lipinski definition) is 2. The lowest BCUT2D eigenvalue weighted by molar-refractivity contribution is 0.153. The normalized spacial score (nSPS) is 17.6. The molecular weight excluding hydrogens is 250 g/mol. The second kappa shape index (κ2) is 5.09. The number of pyridine rings is 1. The summed E-state index contributed by atoms with van der Waals surface area (Å²) in [5, 5.41) is 4.51. The van der Waals surface area contributed by atoms with Gasteiger partial charge in [-0.25, -0.2) is 0 Å². The lowest BCUT2D eigenvalue weighted by atomic mass is 9.87. The summed E-state index contributed by atoms with van der Waals surface area (Å²) >= 11 is 0. The minimum atomic E-state index is 0.0285. The molecule has 0 amide bonds. The summed E-state index contributed by atoms with van der Waals surface area (Å²) in [5.41, 5.74) is 2.12. The molecule has 0 saturated carbocycles. The third-order valence-corrected chi connectivity index (χ3v) is 3.87. The van der Waals surface area contributed by atoms with E-state index in [2.05, 4.69) is 43.2 Å². The Morgan fingerprint density at radius 3 is 2.70 bits per heavy atom. The van der Waals surface area contributed by atoms with Crippen molar-refractivity contribution in [2.75, 3.05) is 13.1 Å². The van der Waals surface area contributed by atoms with E-state index in [1.807, 2.05) is 6.20 Å². The maximum Gasteiger partial charge on any atom is 0.219 e. The van der Waals surface area contributed by atoms with Crippen molar-refractivity contribution < 1.29 is 4.74 Å². The van der Waals surface area contributed by atoms with Gasteiger partial charge in [0.15, 0.2) is 0 Å². The highest BCUT2D eigenvalue weighted by molar-refractivity contribution is 5.77. The largest absolute Gasteiger partial charge is 0.474 e. The van der Waals surface area contributed by atoms with Gasteiger partial charge in [-0.05, 0) is 43.5 Å². The first kappa shape index (κ1) is 13.4. The van der Waals surface area contributed by atoms with Gasteiger partial charge in [0, 0.05) is 17.1 Å². The zero-order valence-electron chi connectivity index (χ0n) is 12.5. The van der Waals surface area contributed by atoms with E-state index in [-0.39, 0.29) is 11.5 Å². The van der Waals surface area contributed by atoms with E-state index < -0.39 is 0 Å². The summed E-state index contributed by atoms with van der Waals surface area (Å²) in [6.07, 6.45) is 4.30. The van der Waals surface area contributed by atoms with Gasteiger partial charge in [0.25, 0.3) is 0 Å². The van der Waals surface area contributed by atoms with E-state index in [1.54, 1.807) is 0 Å². The Hall–Kier alpha value is -1.55. The Labute approximate surface area is 119 Å². The van der Waals surface area contributed by atoms with E-state index in [1.165, 1.54) is 5.56 Å². The molecule has 20 heavy (non-hydrogen) atoms. The van der Waals surface area contributed by atoms with Gasteiger partial charge in [0.1, 0.15) is 11.8 Å². The maximum absolute atomic E-state index is 6.22. The molecule has 0 aliphatic carbocycles. The van der Waals surface area contributed by atoms with Crippen LogP contribution in [-0.2, 0) is 5.41 Å². The van der Waals surface area contributed by atoms with Gasteiger partial charge in [-0.1, -0.05) is 20.8 Å². The fourth-order valence-electron chi connectivity index (χ4n) is 2.66. The fourth-order valence-corrected chi connectivity index (χ4v) is 2.66. The average molecular weight is 273 g/mol. The molecule has 0 unspecified atom stereocenters. The molecule has 1 saturated heterocycles. The van der Waals surface area contributed by atoms with Crippen molar-refractivity contribution in [1.29, 1.82) is 0 Å². The number of nitrogens with one attached hydrogen (secondary N) is 2.